The van der Waals surface area contributed by atoms with Crippen LogP contribution in [-0.2, 0) is 0 Å². The van der Waals surface area contributed by atoms with Crippen molar-refractivity contribution in [1.82, 2.24) is 0 Å². The van der Waals surface area contributed by atoms with Crippen molar-refractivity contribution in [1.29, 1.82) is 0 Å². The lowest BCUT2D eigenvalue weighted by atomic mass is 10.2. The summed E-state index contributed by atoms with van der Waals surface area (Å²) >= 11 is 5.64. The monoisotopic (exact) mass is 281 g/mol. The van der Waals surface area contributed by atoms with Crippen LogP contribution >= 0.6 is 11.6 Å². The molecule has 1 heterocycles. The highest BCUT2D eigenvalue weighted by Gasteiger charge is 2.16. The number of rotatable bonds is 3. The number of carboxylic acid groups (broad SMARTS) is 1. The lowest BCUT2D eigenvalue weighted by molar-refractivity contribution is 0.0696. The fraction of sp³-hybridized carbons (Fsp3) is 0. The molecule has 2 aromatic rings. The number of benzene rings is 1. The van der Waals surface area contributed by atoms with Crippen molar-refractivity contribution in [2.24, 2.45) is 0 Å². The zero-order valence-corrected chi connectivity index (χ0v) is 10.1. The number of hydrogen-bond acceptors (Lipinski definition) is 4. The van der Waals surface area contributed by atoms with E-state index in [-0.39, 0.29) is 27.8 Å². The molecule has 0 radical (unpaired) electrons. The van der Waals surface area contributed by atoms with Gasteiger partial charge in [0, 0.05) is 0 Å². The lowest BCUT2D eigenvalue weighted by Gasteiger charge is -2.07. The van der Waals surface area contributed by atoms with Gasteiger partial charge in [0.1, 0.15) is 5.75 Å². The first-order valence-corrected chi connectivity index (χ1v) is 5.47. The largest absolute Gasteiger partial charge is 0.506 e. The molecule has 6 nitrogen and oxygen atoms in total. The normalized spacial score (nSPS) is 10.2. The van der Waals surface area contributed by atoms with Gasteiger partial charge in [-0.25, -0.2) is 4.79 Å². The van der Waals surface area contributed by atoms with Crippen molar-refractivity contribution < 1.29 is 24.2 Å². The third kappa shape index (κ3) is 2.69. The summed E-state index contributed by atoms with van der Waals surface area (Å²) in [5.74, 6) is -2.04. The first-order chi connectivity index (χ1) is 8.99. The molecule has 98 valence electrons. The zero-order chi connectivity index (χ0) is 14.0. The van der Waals surface area contributed by atoms with Crippen molar-refractivity contribution in [2.75, 3.05) is 5.32 Å². The van der Waals surface area contributed by atoms with E-state index in [1.165, 1.54) is 24.5 Å². The van der Waals surface area contributed by atoms with E-state index in [0.29, 0.717) is 0 Å². The van der Waals surface area contributed by atoms with Crippen LogP contribution in [0.5, 0.6) is 5.75 Å². The minimum absolute atomic E-state index is 0.0258. The van der Waals surface area contributed by atoms with Gasteiger partial charge in [0.25, 0.3) is 5.91 Å². The maximum atomic E-state index is 11.8. The third-order valence-corrected chi connectivity index (χ3v) is 2.65. The Morgan fingerprint density at radius 3 is 2.58 bits per heavy atom. The number of carboxylic acids is 1. The molecule has 0 saturated heterocycles. The van der Waals surface area contributed by atoms with E-state index in [1.807, 2.05) is 0 Å². The molecule has 0 aliphatic heterocycles. The van der Waals surface area contributed by atoms with E-state index in [1.54, 1.807) is 0 Å². The second-order valence-corrected chi connectivity index (χ2v) is 3.94. The van der Waals surface area contributed by atoms with Crippen LogP contribution in [0.15, 0.2) is 34.9 Å². The number of hydrogen-bond donors (Lipinski definition) is 3. The van der Waals surface area contributed by atoms with Gasteiger partial charge in [-0.3, -0.25) is 4.79 Å². The summed E-state index contributed by atoms with van der Waals surface area (Å²) in [6.45, 7) is 0. The molecule has 0 saturated carbocycles. The molecule has 0 atom stereocenters. The second kappa shape index (κ2) is 5.03. The Kier molecular flexibility index (Phi) is 3.43. The van der Waals surface area contributed by atoms with Gasteiger partial charge in [-0.15, -0.1) is 0 Å². The fourth-order valence-corrected chi connectivity index (χ4v) is 1.61. The molecule has 19 heavy (non-hydrogen) atoms. The summed E-state index contributed by atoms with van der Waals surface area (Å²) in [6.07, 6.45) is 1.24. The number of furan rings is 1. The summed E-state index contributed by atoms with van der Waals surface area (Å²) in [5.41, 5.74) is -0.00430. The molecule has 0 fully saturated rings. The van der Waals surface area contributed by atoms with E-state index >= 15 is 0 Å². The van der Waals surface area contributed by atoms with Gasteiger partial charge in [-0.05, 0) is 35.9 Å². The van der Waals surface area contributed by atoms with Crippen LogP contribution in [0.4, 0.5) is 5.69 Å². The summed E-state index contributed by atoms with van der Waals surface area (Å²) in [5, 5.41) is 20.7. The molecule has 0 unspecified atom stereocenters. The Balaban J connectivity index is 2.28. The average Bonchev–Trinajstić information content (AvgIpc) is 2.78. The van der Waals surface area contributed by atoms with Crippen molar-refractivity contribution in [2.45, 2.75) is 0 Å². The second-order valence-electron chi connectivity index (χ2n) is 3.60. The summed E-state index contributed by atoms with van der Waals surface area (Å²) in [6, 6.07) is 4.90. The van der Waals surface area contributed by atoms with Crippen molar-refractivity contribution in [3.8, 4) is 5.75 Å². The molecule has 0 aliphatic rings. The maximum Gasteiger partial charge on any atom is 0.335 e. The standard InChI is InChI=1S/C12H8ClNO5/c13-10-7(3-4-19-10)11(16)14-8-5-6(12(17)18)1-2-9(8)15/h1-5,15H,(H,14,16)(H,17,18). The maximum absolute atomic E-state index is 11.8. The van der Waals surface area contributed by atoms with Crippen LogP contribution in [0.1, 0.15) is 20.7 Å². The van der Waals surface area contributed by atoms with E-state index < -0.39 is 11.9 Å². The molecule has 1 amide bonds. The van der Waals surface area contributed by atoms with Crippen LogP contribution in [-0.4, -0.2) is 22.1 Å². The van der Waals surface area contributed by atoms with E-state index in [0.717, 1.165) is 6.07 Å². The van der Waals surface area contributed by atoms with E-state index in [9.17, 15) is 14.7 Å². The Hall–Kier alpha value is -2.47. The van der Waals surface area contributed by atoms with Crippen molar-refractivity contribution in [3.05, 3.63) is 46.9 Å². The Bertz CT molecular complexity index is 649. The first-order valence-electron chi connectivity index (χ1n) is 5.09. The summed E-state index contributed by atoms with van der Waals surface area (Å²) < 4.78 is 4.76. The lowest BCUT2D eigenvalue weighted by Crippen LogP contribution is -2.12. The van der Waals surface area contributed by atoms with E-state index in [4.69, 9.17) is 21.1 Å². The highest BCUT2D eigenvalue weighted by atomic mass is 35.5. The van der Waals surface area contributed by atoms with Gasteiger partial charge >= 0.3 is 5.97 Å². The number of anilines is 1. The quantitative estimate of drug-likeness (QED) is 0.751. The molecular weight excluding hydrogens is 274 g/mol. The molecule has 7 heteroatoms. The number of aromatic hydroxyl groups is 1. The van der Waals surface area contributed by atoms with Gasteiger partial charge < -0.3 is 19.9 Å². The number of aromatic carboxylic acids is 1. The molecule has 1 aromatic carbocycles. The first kappa shape index (κ1) is 13.0. The van der Waals surface area contributed by atoms with Crippen molar-refractivity contribution in [3.63, 3.8) is 0 Å². The number of halogens is 1. The van der Waals surface area contributed by atoms with E-state index in [2.05, 4.69) is 5.32 Å². The number of amides is 1. The number of carbonyl (C=O) groups is 2. The average molecular weight is 282 g/mol. The predicted molar refractivity (Wildman–Crippen MR) is 66.7 cm³/mol. The van der Waals surface area contributed by atoms with Crippen LogP contribution in [0.3, 0.4) is 0 Å². The summed E-state index contributed by atoms with van der Waals surface area (Å²) in [4.78, 5) is 22.6. The zero-order valence-electron chi connectivity index (χ0n) is 9.38. The van der Waals surface area contributed by atoms with Crippen LogP contribution in [0, 0.1) is 0 Å². The van der Waals surface area contributed by atoms with Crippen LogP contribution < -0.4 is 5.32 Å². The van der Waals surface area contributed by atoms with Gasteiger partial charge in [0.2, 0.25) is 5.22 Å². The molecule has 0 aliphatic carbocycles. The number of carbonyl (C=O) groups excluding carboxylic acids is 1. The fourth-order valence-electron chi connectivity index (χ4n) is 1.41. The smallest absolute Gasteiger partial charge is 0.335 e. The highest BCUT2D eigenvalue weighted by Crippen LogP contribution is 2.26. The Morgan fingerprint density at radius 2 is 2.00 bits per heavy atom. The Morgan fingerprint density at radius 1 is 1.26 bits per heavy atom. The third-order valence-electron chi connectivity index (χ3n) is 2.35. The minimum atomic E-state index is -1.17. The van der Waals surface area contributed by atoms with Gasteiger partial charge in [-0.2, -0.15) is 0 Å². The topological polar surface area (TPSA) is 99.8 Å². The molecule has 0 spiro atoms. The molecule has 2 rings (SSSR count). The van der Waals surface area contributed by atoms with Gasteiger partial charge in [0.05, 0.1) is 23.1 Å². The molecule has 3 N–H and O–H groups in total. The number of phenolic OH excluding ortho intramolecular Hbond substituents is 1. The molecule has 0 bridgehead atoms. The number of phenols is 1. The van der Waals surface area contributed by atoms with Crippen LogP contribution in [0.25, 0.3) is 0 Å². The van der Waals surface area contributed by atoms with Gasteiger partial charge in [-0.1, -0.05) is 0 Å². The van der Waals surface area contributed by atoms with Crippen LogP contribution in [0.2, 0.25) is 5.22 Å². The molecule has 1 aromatic heterocycles. The number of nitrogens with one attached hydrogen (secondary N) is 1. The predicted octanol–water partition coefficient (Wildman–Crippen LogP) is 2.59. The minimum Gasteiger partial charge on any atom is -0.506 e. The van der Waals surface area contributed by atoms with Gasteiger partial charge in [0.15, 0.2) is 0 Å². The molecular formula is C12H8ClNO5. The Labute approximate surface area is 112 Å². The van der Waals surface area contributed by atoms with Crippen molar-refractivity contribution >= 4 is 29.2 Å². The highest BCUT2D eigenvalue weighted by molar-refractivity contribution is 6.32. The summed E-state index contributed by atoms with van der Waals surface area (Å²) in [7, 11) is 0. The SMILES string of the molecule is O=C(O)c1ccc(O)c(NC(=O)c2ccoc2Cl)c1.